The van der Waals surface area contributed by atoms with E-state index in [4.69, 9.17) is 17.7 Å². The van der Waals surface area contributed by atoms with Crippen LogP contribution in [-0.4, -0.2) is 0 Å². The Kier molecular flexibility index (Phi) is 23.7. The van der Waals surface area contributed by atoms with Crippen LogP contribution in [0.5, 0.6) is 0 Å². The third kappa shape index (κ3) is 17.3. The highest BCUT2D eigenvalue weighted by atomic mass is 32.1. The van der Waals surface area contributed by atoms with Crippen molar-refractivity contribution in [1.82, 2.24) is 0 Å². The molecule has 0 aliphatic rings. The molecule has 0 bridgehead atoms. The molecule has 0 atom stereocenters. The van der Waals surface area contributed by atoms with Crippen LogP contribution in [0.25, 0.3) is 202 Å². The van der Waals surface area contributed by atoms with E-state index in [-0.39, 0.29) is 0 Å². The minimum Gasteiger partial charge on any atom is -0.456 e. The second kappa shape index (κ2) is 36.9. The van der Waals surface area contributed by atoms with Gasteiger partial charge in [-0.05, 0) is 232 Å². The van der Waals surface area contributed by atoms with Crippen molar-refractivity contribution in [2.24, 2.45) is 0 Å². The average molecular weight is 1750 g/mol. The van der Waals surface area contributed by atoms with Crippen molar-refractivity contribution in [2.75, 3.05) is 0 Å². The van der Waals surface area contributed by atoms with Gasteiger partial charge in [0.25, 0.3) is 0 Å². The van der Waals surface area contributed by atoms with Crippen LogP contribution in [0.1, 0.15) is 44.5 Å². The summed E-state index contributed by atoms with van der Waals surface area (Å²) in [5, 5.41) is 20.7. The van der Waals surface area contributed by atoms with Crippen LogP contribution < -0.4 is 0 Å². The molecule has 0 radical (unpaired) electrons. The third-order valence-electron chi connectivity index (χ3n) is 24.2. The van der Waals surface area contributed by atoms with Crippen LogP contribution >= 0.6 is 45.3 Å². The number of fused-ring (bicyclic) bond motifs is 24. The molecule has 19 aromatic carbocycles. The molecule has 4 nitrogen and oxygen atoms in total. The Bertz CT molecular complexity index is 8670. The molecule has 27 rings (SSSR count). The van der Waals surface area contributed by atoms with E-state index in [1.165, 1.54) is 202 Å². The van der Waals surface area contributed by atoms with Crippen LogP contribution in [0, 0.1) is 55.4 Å². The van der Waals surface area contributed by atoms with E-state index in [1.807, 2.05) is 112 Å². The average Bonchev–Trinajstić information content (AvgIpc) is 1.60. The quantitative estimate of drug-likeness (QED) is 0.177. The number of hydrogen-bond acceptors (Lipinski definition) is 8. The number of benzene rings is 19. The molecule has 8 heteroatoms. The van der Waals surface area contributed by atoms with Gasteiger partial charge in [0.05, 0.1) is 0 Å². The number of furan rings is 4. The summed E-state index contributed by atoms with van der Waals surface area (Å²) in [6, 6.07) is 145. The Balaban J connectivity index is 0.0000000934. The van der Waals surface area contributed by atoms with E-state index in [0.717, 1.165) is 44.7 Å². The zero-order valence-electron chi connectivity index (χ0n) is 73.5. The zero-order valence-corrected chi connectivity index (χ0v) is 76.8. The topological polar surface area (TPSA) is 52.6 Å². The van der Waals surface area contributed by atoms with Gasteiger partial charge < -0.3 is 17.7 Å². The van der Waals surface area contributed by atoms with Gasteiger partial charge in [0.2, 0.25) is 0 Å². The number of aryl methyl sites for hydroxylation is 8. The monoisotopic (exact) mass is 1750 g/mol. The van der Waals surface area contributed by atoms with Gasteiger partial charge >= 0.3 is 0 Å². The van der Waals surface area contributed by atoms with E-state index in [9.17, 15) is 0 Å². The molecule has 0 saturated heterocycles. The molecule has 0 aliphatic heterocycles. The maximum atomic E-state index is 5.87. The van der Waals surface area contributed by atoms with Gasteiger partial charge in [0.1, 0.15) is 44.7 Å². The first-order valence-corrected chi connectivity index (χ1v) is 47.3. The molecule has 0 aliphatic carbocycles. The molecule has 0 fully saturated rings. The van der Waals surface area contributed by atoms with E-state index in [1.54, 1.807) is 0 Å². The van der Waals surface area contributed by atoms with Crippen LogP contribution in [0.2, 0.25) is 0 Å². The number of para-hydroxylation sites is 4. The van der Waals surface area contributed by atoms with Crippen molar-refractivity contribution in [3.8, 4) is 33.4 Å². The fourth-order valence-electron chi connectivity index (χ4n) is 17.6. The van der Waals surface area contributed by atoms with Crippen molar-refractivity contribution >= 4 is 214 Å². The molecular weight excluding hydrogens is 1660 g/mol. The van der Waals surface area contributed by atoms with Crippen LogP contribution in [0.4, 0.5) is 0 Å². The molecule has 0 saturated carbocycles. The summed E-state index contributed by atoms with van der Waals surface area (Å²) in [4.78, 5) is 0. The molecule has 0 amide bonds. The van der Waals surface area contributed by atoms with E-state index in [2.05, 4.69) is 401 Å². The van der Waals surface area contributed by atoms with E-state index < -0.39 is 0 Å². The predicted molar refractivity (Wildman–Crippen MR) is 566 cm³/mol. The minimum atomic E-state index is 0.946. The second-order valence-corrected chi connectivity index (χ2v) is 37.6. The molecule has 27 aromatic rings. The molecule has 8 aromatic heterocycles. The molecular formula is C122H92O4S4. The fourth-order valence-corrected chi connectivity index (χ4v) is 22.3. The molecule has 0 N–H and O–H groups in total. The van der Waals surface area contributed by atoms with Crippen molar-refractivity contribution in [2.45, 2.75) is 55.4 Å². The highest BCUT2D eigenvalue weighted by Crippen LogP contribution is 2.42. The lowest BCUT2D eigenvalue weighted by Gasteiger charge is -2.05. The Morgan fingerprint density at radius 1 is 0.154 bits per heavy atom. The first kappa shape index (κ1) is 83.5. The highest BCUT2D eigenvalue weighted by molar-refractivity contribution is 7.27. The standard InChI is InChI=1S/3C19H14O.C13H10O.4C13H10S/c1-13-5-4-6-14(11-13)15-9-10-19-17(12-15)16-7-2-3-8-18(16)20-19;1-13-6-2-3-7-15(13)14-10-11-19-17(12-14)16-8-4-5-9-18(16)20-19;1-13-6-8-14(9-7-13)15-10-11-19-17(12-15)16-4-2-3-5-18(16)20-19;1-9-5-4-8-12-13(9)10-6-2-3-7-11(10)14-12;1-9-5-4-7-11-10-6-2-3-8-12(10)14-13(9)11;1-9-5-4-8-12-13(9)10-6-2-3-7-11(10)14-12;1-9-6-7-13-11(8-9)10-4-2-3-5-12(10)14-13;1-9-6-7-11-10-4-2-3-5-12(10)14-13(11)8-9/h3*2-12H,1H3;5*2-8H,1H3. The molecule has 130 heavy (non-hydrogen) atoms. The Morgan fingerprint density at radius 2 is 0.500 bits per heavy atom. The third-order valence-corrected chi connectivity index (χ3v) is 29.0. The first-order valence-electron chi connectivity index (χ1n) is 44.0. The van der Waals surface area contributed by atoms with Gasteiger partial charge in [-0.25, -0.2) is 0 Å². The number of thiophene rings is 4. The maximum absolute atomic E-state index is 5.87. The molecule has 628 valence electrons. The van der Waals surface area contributed by atoms with E-state index in [0.29, 0.717) is 0 Å². The van der Waals surface area contributed by atoms with Gasteiger partial charge in [-0.2, -0.15) is 0 Å². The summed E-state index contributed by atoms with van der Waals surface area (Å²) in [5.41, 5.74) is 25.6. The minimum absolute atomic E-state index is 0.946. The largest absolute Gasteiger partial charge is 0.456 e. The van der Waals surface area contributed by atoms with Crippen LogP contribution in [0.15, 0.2) is 430 Å². The maximum Gasteiger partial charge on any atom is 0.135 e. The Labute approximate surface area is 771 Å². The summed E-state index contributed by atoms with van der Waals surface area (Å²) in [6.07, 6.45) is 0. The van der Waals surface area contributed by atoms with E-state index >= 15 is 0 Å². The predicted octanol–water partition coefficient (Wildman–Crippen LogP) is 38.0. The lowest BCUT2D eigenvalue weighted by molar-refractivity contribution is 0.668. The Hall–Kier alpha value is -14.7. The highest BCUT2D eigenvalue weighted by Gasteiger charge is 2.15. The van der Waals surface area contributed by atoms with Gasteiger partial charge in [0, 0.05) is 124 Å². The molecule has 0 unspecified atom stereocenters. The summed E-state index contributed by atoms with van der Waals surface area (Å²) in [5.74, 6) is 0. The SMILES string of the molecule is Cc1ccc(-c2ccc3oc4ccccc4c3c2)cc1.Cc1ccc2c(c1)sc1ccccc12.Cc1ccc2sc3ccccc3c2c1.Cc1cccc(-c2ccc3oc4ccccc4c3c2)c1.Cc1cccc2c1sc1ccccc12.Cc1cccc2oc3ccccc3c12.Cc1cccc2sc3ccccc3c12.Cc1ccccc1-c1ccc2oc3ccccc3c2c1. The summed E-state index contributed by atoms with van der Waals surface area (Å²) < 4.78 is 34.5. The van der Waals surface area contributed by atoms with Gasteiger partial charge in [0.15, 0.2) is 0 Å². The lowest BCUT2D eigenvalue weighted by atomic mass is 9.99. The summed E-state index contributed by atoms with van der Waals surface area (Å²) >= 11 is 7.51. The van der Waals surface area contributed by atoms with Crippen molar-refractivity contribution < 1.29 is 17.7 Å². The van der Waals surface area contributed by atoms with Crippen LogP contribution in [-0.2, 0) is 0 Å². The van der Waals surface area contributed by atoms with Crippen molar-refractivity contribution in [1.29, 1.82) is 0 Å². The first-order chi connectivity index (χ1) is 63.7. The van der Waals surface area contributed by atoms with Gasteiger partial charge in [-0.1, -0.05) is 314 Å². The number of hydrogen-bond donors (Lipinski definition) is 0. The zero-order chi connectivity index (χ0) is 88.3. The molecule has 8 heterocycles. The lowest BCUT2D eigenvalue weighted by Crippen LogP contribution is -1.81. The van der Waals surface area contributed by atoms with Crippen molar-refractivity contribution in [3.63, 3.8) is 0 Å². The van der Waals surface area contributed by atoms with Gasteiger partial charge in [-0.15, -0.1) is 45.3 Å². The van der Waals surface area contributed by atoms with Crippen molar-refractivity contribution in [3.05, 3.63) is 457 Å². The number of rotatable bonds is 3. The summed E-state index contributed by atoms with van der Waals surface area (Å²) in [7, 11) is 0. The van der Waals surface area contributed by atoms with Crippen LogP contribution in [0.3, 0.4) is 0 Å². The molecule has 0 spiro atoms. The van der Waals surface area contributed by atoms with Gasteiger partial charge in [-0.3, -0.25) is 0 Å². The summed E-state index contributed by atoms with van der Waals surface area (Å²) in [6.45, 7) is 17.1. The normalized spacial score (nSPS) is 11.2. The Morgan fingerprint density at radius 3 is 1.11 bits per heavy atom. The second-order valence-electron chi connectivity index (χ2n) is 33.3. The fraction of sp³-hybridized carbons (Fsp3) is 0.0656. The smallest absolute Gasteiger partial charge is 0.135 e.